The van der Waals surface area contributed by atoms with Crippen molar-refractivity contribution in [3.8, 4) is 34.5 Å². The summed E-state index contributed by atoms with van der Waals surface area (Å²) in [6.07, 6.45) is 0. The van der Waals surface area contributed by atoms with Crippen LogP contribution in [0.5, 0.6) is 5.88 Å². The van der Waals surface area contributed by atoms with Crippen LogP contribution in [-0.4, -0.2) is 21.6 Å². The molecule has 3 heterocycles. The van der Waals surface area contributed by atoms with Gasteiger partial charge in [-0.3, -0.25) is 0 Å². The molecule has 0 spiro atoms. The van der Waals surface area contributed by atoms with Crippen molar-refractivity contribution >= 4 is 43.4 Å². The summed E-state index contributed by atoms with van der Waals surface area (Å²) in [6, 6.07) is 20.1. The number of aryl methyl sites for hydroxylation is 1. The molecule has 0 radical (unpaired) electrons. The predicted molar refractivity (Wildman–Crippen MR) is 129 cm³/mol. The quantitative estimate of drug-likeness (QED) is 0.278. The van der Waals surface area contributed by atoms with Crippen molar-refractivity contribution in [2.24, 2.45) is 0 Å². The third kappa shape index (κ3) is 3.36. The molecule has 0 unspecified atom stereocenters. The molecule has 0 fully saturated rings. The molecule has 0 N–H and O–H groups in total. The standard InChI is InChI=1S/C25H17ClN4OS/c1-3-31-24-17(13-27)18(15-7-5-4-6-8-15)19-20-21(32-25(19)30-24)22(26)29-23(28-20)16-11-9-14(2)10-12-16/h4-12H,3H2,1-2H3. The maximum atomic E-state index is 10.0. The van der Waals surface area contributed by atoms with Gasteiger partial charge in [0.15, 0.2) is 11.0 Å². The van der Waals surface area contributed by atoms with Gasteiger partial charge < -0.3 is 4.74 Å². The van der Waals surface area contributed by atoms with Crippen LogP contribution >= 0.6 is 22.9 Å². The first-order valence-corrected chi connectivity index (χ1v) is 11.3. The molecule has 0 bridgehead atoms. The molecule has 3 aromatic heterocycles. The summed E-state index contributed by atoms with van der Waals surface area (Å²) in [4.78, 5) is 14.8. The van der Waals surface area contributed by atoms with Crippen molar-refractivity contribution in [3.05, 3.63) is 70.9 Å². The second kappa shape index (κ2) is 8.19. The van der Waals surface area contributed by atoms with Gasteiger partial charge in [0.2, 0.25) is 5.88 Å². The number of hydrogen-bond acceptors (Lipinski definition) is 6. The fraction of sp³-hybridized carbons (Fsp3) is 0.120. The zero-order valence-corrected chi connectivity index (χ0v) is 19.0. The van der Waals surface area contributed by atoms with Gasteiger partial charge in [-0.05, 0) is 19.4 Å². The minimum absolute atomic E-state index is 0.316. The number of hydrogen-bond donors (Lipinski definition) is 0. The number of halogens is 1. The number of pyridine rings is 1. The van der Waals surface area contributed by atoms with Gasteiger partial charge in [-0.15, -0.1) is 11.3 Å². The first-order valence-electron chi connectivity index (χ1n) is 10.1. The summed E-state index contributed by atoms with van der Waals surface area (Å²) in [6.45, 7) is 4.31. The van der Waals surface area contributed by atoms with E-state index in [4.69, 9.17) is 21.3 Å². The summed E-state index contributed by atoms with van der Waals surface area (Å²) < 4.78 is 6.47. The van der Waals surface area contributed by atoms with Crippen molar-refractivity contribution in [2.75, 3.05) is 6.61 Å². The van der Waals surface area contributed by atoms with E-state index in [1.165, 1.54) is 11.3 Å². The molecule has 0 saturated carbocycles. The van der Waals surface area contributed by atoms with Crippen LogP contribution in [0.25, 0.3) is 42.9 Å². The SMILES string of the molecule is CCOc1nc2sc3c(Cl)nc(-c4ccc(C)cc4)nc3c2c(-c2ccccc2)c1C#N. The molecule has 0 saturated heterocycles. The maximum Gasteiger partial charge on any atom is 0.233 e. The van der Waals surface area contributed by atoms with E-state index in [0.29, 0.717) is 39.4 Å². The largest absolute Gasteiger partial charge is 0.477 e. The Hall–Kier alpha value is -3.53. The van der Waals surface area contributed by atoms with Gasteiger partial charge in [0.1, 0.15) is 16.5 Å². The Morgan fingerprint density at radius 2 is 1.75 bits per heavy atom. The molecule has 156 valence electrons. The van der Waals surface area contributed by atoms with Crippen molar-refractivity contribution in [3.63, 3.8) is 0 Å². The van der Waals surface area contributed by atoms with Crippen LogP contribution in [0, 0.1) is 18.3 Å². The molecule has 5 rings (SSSR count). The van der Waals surface area contributed by atoms with Crippen molar-refractivity contribution < 1.29 is 4.74 Å². The van der Waals surface area contributed by atoms with Gasteiger partial charge in [0, 0.05) is 16.5 Å². The minimum Gasteiger partial charge on any atom is -0.477 e. The molecular formula is C25H17ClN4OS. The van der Waals surface area contributed by atoms with Gasteiger partial charge in [-0.2, -0.15) is 5.26 Å². The fourth-order valence-corrected chi connectivity index (χ4v) is 4.97. The third-order valence-corrected chi connectivity index (χ3v) is 6.62. The summed E-state index contributed by atoms with van der Waals surface area (Å²) in [5.74, 6) is 0.851. The average molecular weight is 457 g/mol. The van der Waals surface area contributed by atoms with E-state index in [1.807, 2.05) is 68.4 Å². The lowest BCUT2D eigenvalue weighted by Crippen LogP contribution is -2.00. The van der Waals surface area contributed by atoms with Crippen LogP contribution in [0.3, 0.4) is 0 Å². The van der Waals surface area contributed by atoms with Gasteiger partial charge in [-0.25, -0.2) is 15.0 Å². The number of benzene rings is 2. The van der Waals surface area contributed by atoms with Crippen molar-refractivity contribution in [2.45, 2.75) is 13.8 Å². The maximum absolute atomic E-state index is 10.0. The summed E-state index contributed by atoms with van der Waals surface area (Å²) in [7, 11) is 0. The van der Waals surface area contributed by atoms with E-state index in [1.54, 1.807) is 0 Å². The Morgan fingerprint density at radius 1 is 1.00 bits per heavy atom. The molecule has 2 aromatic carbocycles. The smallest absolute Gasteiger partial charge is 0.233 e. The average Bonchev–Trinajstić information content (AvgIpc) is 3.18. The number of fused-ring (bicyclic) bond motifs is 3. The Bertz CT molecular complexity index is 1510. The van der Waals surface area contributed by atoms with E-state index in [9.17, 15) is 5.26 Å². The third-order valence-electron chi connectivity index (χ3n) is 5.16. The number of nitriles is 1. The first-order chi connectivity index (χ1) is 15.6. The molecule has 7 heteroatoms. The number of ether oxygens (including phenoxy) is 1. The Labute approximate surface area is 193 Å². The lowest BCUT2D eigenvalue weighted by atomic mass is 9.98. The second-order valence-electron chi connectivity index (χ2n) is 7.24. The number of nitrogens with zero attached hydrogens (tertiary/aromatic N) is 4. The first kappa shape index (κ1) is 20.4. The number of rotatable bonds is 4. The van der Waals surface area contributed by atoms with Gasteiger partial charge >= 0.3 is 0 Å². The van der Waals surface area contributed by atoms with Crippen LogP contribution in [0.15, 0.2) is 54.6 Å². The Kier molecular flexibility index (Phi) is 5.22. The van der Waals surface area contributed by atoms with Crippen molar-refractivity contribution in [1.29, 1.82) is 5.26 Å². The summed E-state index contributed by atoms with van der Waals surface area (Å²) >= 11 is 8.03. The van der Waals surface area contributed by atoms with Gasteiger partial charge in [0.05, 0.1) is 16.8 Å². The van der Waals surface area contributed by atoms with Crippen LogP contribution in [-0.2, 0) is 0 Å². The molecular weight excluding hydrogens is 440 g/mol. The highest BCUT2D eigenvalue weighted by molar-refractivity contribution is 7.26. The number of aromatic nitrogens is 3. The predicted octanol–water partition coefficient (Wildman–Crippen LogP) is 6.81. The van der Waals surface area contributed by atoms with Crippen molar-refractivity contribution in [1.82, 2.24) is 15.0 Å². The van der Waals surface area contributed by atoms with Gasteiger partial charge in [0.25, 0.3) is 0 Å². The highest BCUT2D eigenvalue weighted by atomic mass is 35.5. The molecule has 32 heavy (non-hydrogen) atoms. The Balaban J connectivity index is 1.91. The lowest BCUT2D eigenvalue weighted by Gasteiger charge is -2.11. The van der Waals surface area contributed by atoms with E-state index in [-0.39, 0.29) is 0 Å². The number of thiophene rings is 1. The molecule has 0 aliphatic carbocycles. The highest BCUT2D eigenvalue weighted by Crippen LogP contribution is 2.44. The van der Waals surface area contributed by atoms with E-state index in [0.717, 1.165) is 32.3 Å². The monoisotopic (exact) mass is 456 g/mol. The van der Waals surface area contributed by atoms with Crippen LogP contribution in [0.4, 0.5) is 0 Å². The van der Waals surface area contributed by atoms with E-state index < -0.39 is 0 Å². The zero-order valence-electron chi connectivity index (χ0n) is 17.4. The van der Waals surface area contributed by atoms with E-state index in [2.05, 4.69) is 16.0 Å². The minimum atomic E-state index is 0.316. The van der Waals surface area contributed by atoms with Crippen LogP contribution in [0.2, 0.25) is 5.15 Å². The van der Waals surface area contributed by atoms with Crippen LogP contribution < -0.4 is 4.74 Å². The summed E-state index contributed by atoms with van der Waals surface area (Å²) in [5, 5.41) is 11.2. The second-order valence-corrected chi connectivity index (χ2v) is 8.60. The Morgan fingerprint density at radius 3 is 2.44 bits per heavy atom. The van der Waals surface area contributed by atoms with E-state index >= 15 is 0 Å². The molecule has 0 atom stereocenters. The lowest BCUT2D eigenvalue weighted by molar-refractivity contribution is 0.327. The fourth-order valence-electron chi connectivity index (χ4n) is 3.69. The molecule has 5 aromatic rings. The molecule has 0 aliphatic heterocycles. The molecule has 0 amide bonds. The zero-order chi connectivity index (χ0) is 22.2. The van der Waals surface area contributed by atoms with Gasteiger partial charge in [-0.1, -0.05) is 71.8 Å². The summed E-state index contributed by atoms with van der Waals surface area (Å²) in [5.41, 5.74) is 4.74. The molecule has 0 aliphatic rings. The van der Waals surface area contributed by atoms with Crippen LogP contribution in [0.1, 0.15) is 18.1 Å². The highest BCUT2D eigenvalue weighted by Gasteiger charge is 2.24. The normalized spacial score (nSPS) is 11.1. The topological polar surface area (TPSA) is 71.7 Å². The molecule has 5 nitrogen and oxygen atoms in total.